The van der Waals surface area contributed by atoms with Gasteiger partial charge in [0.05, 0.1) is 17.7 Å². The Kier molecular flexibility index (Phi) is 11.8. The third kappa shape index (κ3) is 8.96. The first kappa shape index (κ1) is 35.0. The van der Waals surface area contributed by atoms with Crippen molar-refractivity contribution in [3.05, 3.63) is 125 Å². The minimum absolute atomic E-state index is 0.0165. The summed E-state index contributed by atoms with van der Waals surface area (Å²) in [6.45, 7) is 1.37. The molecule has 5 rings (SSSR count). The normalized spacial score (nSPS) is 14.1. The van der Waals surface area contributed by atoms with Gasteiger partial charge in [0.15, 0.2) is 0 Å². The molecule has 1 aliphatic carbocycles. The van der Waals surface area contributed by atoms with Gasteiger partial charge in [-0.25, -0.2) is 8.42 Å². The van der Waals surface area contributed by atoms with E-state index in [9.17, 15) is 18.0 Å². The second-order valence-electron chi connectivity index (χ2n) is 12.2. The number of nitrogens with one attached hydrogen (secondary N) is 1. The standard InChI is InChI=1S/C38H42ClN3O5S/c1-28-19-21-35(22-20-28)48(45,46)42(33-17-10-18-34(25-33)47-2)27-37(43)41(26-30-13-9-14-31(39)23-30)36(24-29-11-5-3-6-12-29)38(44)40-32-15-7-4-8-16-32/h3,5-6,9-14,17-23,25,32,36H,4,7-8,15-16,24,26-27H2,1-2H3,(H,40,44)/t36-/m1/s1. The number of aryl methyl sites for hydroxylation is 1. The second-order valence-corrected chi connectivity index (χ2v) is 14.5. The molecule has 4 aromatic carbocycles. The zero-order chi connectivity index (χ0) is 34.1. The van der Waals surface area contributed by atoms with Crippen molar-refractivity contribution in [1.82, 2.24) is 10.2 Å². The number of ether oxygens (including phenoxy) is 1. The van der Waals surface area contributed by atoms with Crippen LogP contribution in [0.2, 0.25) is 5.02 Å². The Morgan fingerprint density at radius 3 is 2.25 bits per heavy atom. The van der Waals surface area contributed by atoms with E-state index in [1.807, 2.05) is 43.3 Å². The van der Waals surface area contributed by atoms with Crippen LogP contribution >= 0.6 is 11.6 Å². The van der Waals surface area contributed by atoms with E-state index in [0.29, 0.717) is 16.3 Å². The first-order valence-corrected chi connectivity index (χ1v) is 18.1. The van der Waals surface area contributed by atoms with Crippen molar-refractivity contribution in [2.75, 3.05) is 18.0 Å². The molecule has 0 saturated heterocycles. The number of hydrogen-bond acceptors (Lipinski definition) is 5. The van der Waals surface area contributed by atoms with Crippen molar-refractivity contribution in [2.24, 2.45) is 0 Å². The van der Waals surface area contributed by atoms with Gasteiger partial charge in [-0.15, -0.1) is 0 Å². The van der Waals surface area contributed by atoms with Crippen LogP contribution in [-0.2, 0) is 32.6 Å². The lowest BCUT2D eigenvalue weighted by molar-refractivity contribution is -0.140. The van der Waals surface area contributed by atoms with E-state index in [2.05, 4.69) is 5.32 Å². The number of halogens is 1. The Morgan fingerprint density at radius 2 is 1.56 bits per heavy atom. The lowest BCUT2D eigenvalue weighted by Gasteiger charge is -2.35. The van der Waals surface area contributed by atoms with Crippen LogP contribution in [0.4, 0.5) is 5.69 Å². The molecule has 0 aliphatic heterocycles. The summed E-state index contributed by atoms with van der Waals surface area (Å²) in [5.74, 6) is -0.364. The van der Waals surface area contributed by atoms with Gasteiger partial charge in [-0.3, -0.25) is 13.9 Å². The molecule has 0 radical (unpaired) electrons. The van der Waals surface area contributed by atoms with Gasteiger partial charge in [0.1, 0.15) is 18.3 Å². The smallest absolute Gasteiger partial charge is 0.264 e. The summed E-state index contributed by atoms with van der Waals surface area (Å²) in [7, 11) is -2.73. The van der Waals surface area contributed by atoms with E-state index in [-0.39, 0.29) is 35.5 Å². The molecule has 1 fully saturated rings. The molecule has 8 nitrogen and oxygen atoms in total. The highest BCUT2D eigenvalue weighted by atomic mass is 35.5. The number of carbonyl (C=O) groups excluding carboxylic acids is 2. The van der Waals surface area contributed by atoms with Crippen LogP contribution in [0, 0.1) is 6.92 Å². The van der Waals surface area contributed by atoms with Crippen LogP contribution in [0.5, 0.6) is 5.75 Å². The quantitative estimate of drug-likeness (QED) is 0.164. The maximum Gasteiger partial charge on any atom is 0.264 e. The van der Waals surface area contributed by atoms with E-state index in [1.54, 1.807) is 54.6 Å². The average Bonchev–Trinajstić information content (AvgIpc) is 3.09. The lowest BCUT2D eigenvalue weighted by Crippen LogP contribution is -2.55. The second kappa shape index (κ2) is 16.2. The molecular weight excluding hydrogens is 646 g/mol. The Morgan fingerprint density at radius 1 is 0.875 bits per heavy atom. The van der Waals surface area contributed by atoms with Crippen LogP contribution < -0.4 is 14.4 Å². The molecule has 1 atom stereocenters. The number of hydrogen-bond donors (Lipinski definition) is 1. The minimum Gasteiger partial charge on any atom is -0.497 e. The lowest BCUT2D eigenvalue weighted by atomic mass is 9.94. The topological polar surface area (TPSA) is 96.0 Å². The van der Waals surface area contributed by atoms with Crippen molar-refractivity contribution in [2.45, 2.75) is 69.0 Å². The van der Waals surface area contributed by atoms with Gasteiger partial charge in [-0.05, 0) is 67.3 Å². The first-order chi connectivity index (χ1) is 23.1. The van der Waals surface area contributed by atoms with Crippen molar-refractivity contribution >= 4 is 39.1 Å². The molecule has 48 heavy (non-hydrogen) atoms. The van der Waals surface area contributed by atoms with Gasteiger partial charge < -0.3 is 15.0 Å². The van der Waals surface area contributed by atoms with Gasteiger partial charge in [0.25, 0.3) is 10.0 Å². The molecule has 1 N–H and O–H groups in total. The van der Waals surface area contributed by atoms with Crippen molar-refractivity contribution in [3.8, 4) is 5.75 Å². The third-order valence-corrected chi connectivity index (χ3v) is 10.7. The summed E-state index contributed by atoms with van der Waals surface area (Å²) in [6.07, 6.45) is 5.21. The van der Waals surface area contributed by atoms with Gasteiger partial charge >= 0.3 is 0 Å². The average molecular weight is 688 g/mol. The summed E-state index contributed by atoms with van der Waals surface area (Å²) < 4.78 is 35.1. The van der Waals surface area contributed by atoms with Crippen molar-refractivity contribution < 1.29 is 22.7 Å². The molecule has 1 saturated carbocycles. The van der Waals surface area contributed by atoms with Crippen molar-refractivity contribution in [1.29, 1.82) is 0 Å². The number of rotatable bonds is 13. The van der Waals surface area contributed by atoms with Crippen LogP contribution in [0.25, 0.3) is 0 Å². The van der Waals surface area contributed by atoms with E-state index < -0.39 is 28.5 Å². The molecule has 0 heterocycles. The zero-order valence-electron chi connectivity index (χ0n) is 27.3. The molecular formula is C38H42ClN3O5S. The Balaban J connectivity index is 1.57. The van der Waals surface area contributed by atoms with Crippen LogP contribution in [0.3, 0.4) is 0 Å². The maximum atomic E-state index is 14.7. The molecule has 0 aromatic heterocycles. The minimum atomic E-state index is -4.22. The molecule has 0 spiro atoms. The Bertz CT molecular complexity index is 1790. The fraction of sp³-hybridized carbons (Fsp3) is 0.316. The number of nitrogens with zero attached hydrogens (tertiary/aromatic N) is 2. The van der Waals surface area contributed by atoms with E-state index in [1.165, 1.54) is 24.1 Å². The summed E-state index contributed by atoms with van der Waals surface area (Å²) in [4.78, 5) is 30.5. The van der Waals surface area contributed by atoms with E-state index in [4.69, 9.17) is 16.3 Å². The van der Waals surface area contributed by atoms with Crippen molar-refractivity contribution in [3.63, 3.8) is 0 Å². The number of carbonyl (C=O) groups is 2. The molecule has 1 aliphatic rings. The number of methoxy groups -OCH3 is 1. The first-order valence-electron chi connectivity index (χ1n) is 16.3. The van der Waals surface area contributed by atoms with E-state index in [0.717, 1.165) is 47.5 Å². The van der Waals surface area contributed by atoms with Gasteiger partial charge in [0, 0.05) is 30.1 Å². The summed E-state index contributed by atoms with van der Waals surface area (Å²) in [5, 5.41) is 3.72. The SMILES string of the molecule is COc1cccc(N(CC(=O)N(Cc2cccc(Cl)c2)[C@H](Cc2ccccc2)C(=O)NC2CCCCC2)S(=O)(=O)c2ccc(C)cc2)c1. The van der Waals surface area contributed by atoms with Crippen LogP contribution in [-0.4, -0.2) is 50.9 Å². The van der Waals surface area contributed by atoms with E-state index >= 15 is 0 Å². The highest BCUT2D eigenvalue weighted by Gasteiger charge is 2.35. The van der Waals surface area contributed by atoms with Gasteiger partial charge in [-0.2, -0.15) is 0 Å². The predicted octanol–water partition coefficient (Wildman–Crippen LogP) is 6.94. The Hall–Kier alpha value is -4.34. The molecule has 0 bridgehead atoms. The van der Waals surface area contributed by atoms with Crippen LogP contribution in [0.15, 0.2) is 108 Å². The highest BCUT2D eigenvalue weighted by Crippen LogP contribution is 2.28. The van der Waals surface area contributed by atoms with Gasteiger partial charge in [0.2, 0.25) is 11.8 Å². The third-order valence-electron chi connectivity index (χ3n) is 8.69. The fourth-order valence-electron chi connectivity index (χ4n) is 6.06. The number of amides is 2. The molecule has 0 unspecified atom stereocenters. The summed E-state index contributed by atoms with van der Waals surface area (Å²) >= 11 is 6.36. The van der Waals surface area contributed by atoms with Gasteiger partial charge in [-0.1, -0.05) is 97.1 Å². The number of benzene rings is 4. The molecule has 2 amide bonds. The maximum absolute atomic E-state index is 14.7. The monoisotopic (exact) mass is 687 g/mol. The molecule has 10 heteroatoms. The Labute approximate surface area is 288 Å². The van der Waals surface area contributed by atoms with Crippen LogP contribution in [0.1, 0.15) is 48.8 Å². The number of sulfonamides is 1. The number of anilines is 1. The fourth-order valence-corrected chi connectivity index (χ4v) is 7.68. The highest BCUT2D eigenvalue weighted by molar-refractivity contribution is 7.92. The summed E-state index contributed by atoms with van der Waals surface area (Å²) in [5.41, 5.74) is 2.76. The predicted molar refractivity (Wildman–Crippen MR) is 190 cm³/mol. The summed E-state index contributed by atoms with van der Waals surface area (Å²) in [6, 6.07) is 28.8. The zero-order valence-corrected chi connectivity index (χ0v) is 28.9. The molecule has 4 aromatic rings. The molecule has 252 valence electrons. The largest absolute Gasteiger partial charge is 0.497 e.